The summed E-state index contributed by atoms with van der Waals surface area (Å²) in [5, 5.41) is 0.489. The fraction of sp³-hybridized carbons (Fsp3) is 0.409. The van der Waals surface area contributed by atoms with Gasteiger partial charge in [0.25, 0.3) is 0 Å². The van der Waals surface area contributed by atoms with Gasteiger partial charge in [0.15, 0.2) is 23.0 Å². The van der Waals surface area contributed by atoms with Gasteiger partial charge in [-0.3, -0.25) is 9.69 Å². The van der Waals surface area contributed by atoms with Gasteiger partial charge in [-0.1, -0.05) is 17.7 Å². The number of fused-ring (bicyclic) bond motifs is 2. The third kappa shape index (κ3) is 4.00. The summed E-state index contributed by atoms with van der Waals surface area (Å²) in [4.78, 5) is 17.1. The Bertz CT molecular complexity index is 959. The minimum Gasteiger partial charge on any atom is -0.486 e. The standard InChI is InChI=1S/C22H23ClN2O5/c23-17-9-16(11-20-22(17)28-8-7-27-20)12-21(26)25-5-3-24(4-6-25)13-15-1-2-18-19(10-15)30-14-29-18/h1-2,9-11H,3-8,12-14H2. The fourth-order valence-corrected chi connectivity index (χ4v) is 4.29. The molecule has 0 saturated carbocycles. The number of ether oxygens (including phenoxy) is 4. The van der Waals surface area contributed by atoms with Crippen LogP contribution in [0.15, 0.2) is 30.3 Å². The first-order valence-corrected chi connectivity index (χ1v) is 10.5. The minimum absolute atomic E-state index is 0.102. The third-order valence-electron chi connectivity index (χ3n) is 5.58. The molecule has 0 bridgehead atoms. The van der Waals surface area contributed by atoms with Gasteiger partial charge in [-0.05, 0) is 35.4 Å². The smallest absolute Gasteiger partial charge is 0.231 e. The molecule has 0 aliphatic carbocycles. The van der Waals surface area contributed by atoms with Crippen molar-refractivity contribution in [3.63, 3.8) is 0 Å². The van der Waals surface area contributed by atoms with E-state index in [2.05, 4.69) is 11.0 Å². The largest absolute Gasteiger partial charge is 0.486 e. The molecule has 5 rings (SSSR count). The number of carbonyl (C=O) groups excluding carboxylic acids is 1. The Hall–Kier alpha value is -2.64. The third-order valence-corrected chi connectivity index (χ3v) is 5.86. The van der Waals surface area contributed by atoms with Crippen LogP contribution in [-0.2, 0) is 17.8 Å². The molecule has 3 aliphatic rings. The molecule has 0 radical (unpaired) electrons. The van der Waals surface area contributed by atoms with Crippen LogP contribution in [0, 0.1) is 0 Å². The first-order valence-electron chi connectivity index (χ1n) is 10.1. The van der Waals surface area contributed by atoms with Gasteiger partial charge in [0.1, 0.15) is 13.2 Å². The van der Waals surface area contributed by atoms with Gasteiger partial charge in [-0.25, -0.2) is 0 Å². The summed E-state index contributed by atoms with van der Waals surface area (Å²) in [6, 6.07) is 9.70. The molecule has 158 valence electrons. The Morgan fingerprint density at radius 3 is 2.50 bits per heavy atom. The molecule has 0 aromatic heterocycles. The molecule has 3 heterocycles. The van der Waals surface area contributed by atoms with Crippen LogP contribution in [0.1, 0.15) is 11.1 Å². The number of piperazine rings is 1. The molecule has 1 amide bonds. The Balaban J connectivity index is 1.16. The lowest BCUT2D eigenvalue weighted by Crippen LogP contribution is -2.48. The van der Waals surface area contributed by atoms with E-state index in [4.69, 9.17) is 30.5 Å². The van der Waals surface area contributed by atoms with Crippen LogP contribution in [0.2, 0.25) is 5.02 Å². The molecule has 8 heteroatoms. The van der Waals surface area contributed by atoms with Crippen molar-refractivity contribution in [2.24, 2.45) is 0 Å². The molecule has 1 saturated heterocycles. The number of nitrogens with zero attached hydrogens (tertiary/aromatic N) is 2. The highest BCUT2D eigenvalue weighted by molar-refractivity contribution is 6.32. The molecule has 7 nitrogen and oxygen atoms in total. The molecule has 0 spiro atoms. The maximum Gasteiger partial charge on any atom is 0.231 e. The van der Waals surface area contributed by atoms with E-state index in [1.807, 2.05) is 23.1 Å². The quantitative estimate of drug-likeness (QED) is 0.743. The van der Waals surface area contributed by atoms with Crippen LogP contribution >= 0.6 is 11.6 Å². The predicted octanol–water partition coefficient (Wildman–Crippen LogP) is 2.73. The van der Waals surface area contributed by atoms with Crippen molar-refractivity contribution in [1.29, 1.82) is 0 Å². The van der Waals surface area contributed by atoms with Gasteiger partial charge in [-0.2, -0.15) is 0 Å². The summed E-state index contributed by atoms with van der Waals surface area (Å²) in [5.41, 5.74) is 2.03. The molecule has 30 heavy (non-hydrogen) atoms. The molecular weight excluding hydrogens is 408 g/mol. The maximum atomic E-state index is 12.8. The second-order valence-electron chi connectivity index (χ2n) is 7.62. The van der Waals surface area contributed by atoms with Crippen molar-refractivity contribution in [2.75, 3.05) is 46.2 Å². The van der Waals surface area contributed by atoms with E-state index < -0.39 is 0 Å². The Morgan fingerprint density at radius 1 is 0.867 bits per heavy atom. The lowest BCUT2D eigenvalue weighted by molar-refractivity contribution is -0.132. The summed E-state index contributed by atoms with van der Waals surface area (Å²) in [6.07, 6.45) is 0.304. The summed E-state index contributed by atoms with van der Waals surface area (Å²) in [5.74, 6) is 2.89. The zero-order valence-electron chi connectivity index (χ0n) is 16.6. The summed E-state index contributed by atoms with van der Waals surface area (Å²) < 4.78 is 22.0. The Labute approximate surface area is 180 Å². The number of halogens is 1. The van der Waals surface area contributed by atoms with Crippen LogP contribution in [0.3, 0.4) is 0 Å². The summed E-state index contributed by atoms with van der Waals surface area (Å²) >= 11 is 6.29. The van der Waals surface area contributed by atoms with E-state index in [-0.39, 0.29) is 12.7 Å². The van der Waals surface area contributed by atoms with E-state index in [9.17, 15) is 4.79 Å². The zero-order valence-corrected chi connectivity index (χ0v) is 17.3. The molecule has 1 fully saturated rings. The van der Waals surface area contributed by atoms with E-state index in [1.54, 1.807) is 6.07 Å². The van der Waals surface area contributed by atoms with Crippen LogP contribution in [0.4, 0.5) is 0 Å². The Kier molecular flexibility index (Phi) is 5.31. The SMILES string of the molecule is O=C(Cc1cc(Cl)c2c(c1)OCCO2)N1CCN(Cc2ccc3c(c2)OCO3)CC1. The van der Waals surface area contributed by atoms with Crippen LogP contribution in [-0.4, -0.2) is 61.9 Å². The van der Waals surface area contributed by atoms with Crippen molar-refractivity contribution < 1.29 is 23.7 Å². The zero-order chi connectivity index (χ0) is 20.5. The summed E-state index contributed by atoms with van der Waals surface area (Å²) in [7, 11) is 0. The van der Waals surface area contributed by atoms with Crippen LogP contribution in [0.5, 0.6) is 23.0 Å². The van der Waals surface area contributed by atoms with Crippen molar-refractivity contribution in [3.8, 4) is 23.0 Å². The molecule has 2 aromatic rings. The average Bonchev–Trinajstić information content (AvgIpc) is 3.22. The van der Waals surface area contributed by atoms with Crippen LogP contribution < -0.4 is 18.9 Å². The number of carbonyl (C=O) groups is 1. The summed E-state index contributed by atoms with van der Waals surface area (Å²) in [6.45, 7) is 5.19. The lowest BCUT2D eigenvalue weighted by atomic mass is 10.1. The highest BCUT2D eigenvalue weighted by Gasteiger charge is 2.23. The normalized spacial score (nSPS) is 17.8. The highest BCUT2D eigenvalue weighted by atomic mass is 35.5. The Morgan fingerprint density at radius 2 is 1.63 bits per heavy atom. The maximum absolute atomic E-state index is 12.8. The molecule has 3 aliphatic heterocycles. The fourth-order valence-electron chi connectivity index (χ4n) is 4.01. The second kappa shape index (κ2) is 8.24. The molecule has 0 N–H and O–H groups in total. The van der Waals surface area contributed by atoms with Gasteiger partial charge in [0.2, 0.25) is 12.7 Å². The van der Waals surface area contributed by atoms with Gasteiger partial charge in [0.05, 0.1) is 11.4 Å². The minimum atomic E-state index is 0.102. The average molecular weight is 431 g/mol. The number of hydrogen-bond acceptors (Lipinski definition) is 6. The van der Waals surface area contributed by atoms with E-state index in [1.165, 1.54) is 5.56 Å². The number of hydrogen-bond donors (Lipinski definition) is 0. The number of amides is 1. The topological polar surface area (TPSA) is 60.5 Å². The molecule has 2 aromatic carbocycles. The van der Waals surface area contributed by atoms with E-state index in [0.717, 1.165) is 36.7 Å². The molecular formula is C22H23ClN2O5. The van der Waals surface area contributed by atoms with Crippen molar-refractivity contribution in [3.05, 3.63) is 46.5 Å². The van der Waals surface area contributed by atoms with Gasteiger partial charge >= 0.3 is 0 Å². The van der Waals surface area contributed by atoms with Crippen molar-refractivity contribution >= 4 is 17.5 Å². The molecule has 0 unspecified atom stereocenters. The van der Waals surface area contributed by atoms with E-state index >= 15 is 0 Å². The van der Waals surface area contributed by atoms with Gasteiger partial charge in [-0.15, -0.1) is 0 Å². The van der Waals surface area contributed by atoms with Crippen molar-refractivity contribution in [1.82, 2.24) is 9.80 Å². The second-order valence-corrected chi connectivity index (χ2v) is 8.03. The number of rotatable bonds is 4. The van der Waals surface area contributed by atoms with E-state index in [0.29, 0.717) is 49.2 Å². The number of benzene rings is 2. The van der Waals surface area contributed by atoms with Gasteiger partial charge < -0.3 is 23.8 Å². The van der Waals surface area contributed by atoms with Gasteiger partial charge in [0, 0.05) is 32.7 Å². The molecule has 0 atom stereocenters. The lowest BCUT2D eigenvalue weighted by Gasteiger charge is -2.35. The first-order chi connectivity index (χ1) is 14.7. The first kappa shape index (κ1) is 19.3. The highest BCUT2D eigenvalue weighted by Crippen LogP contribution is 2.38. The predicted molar refractivity (Wildman–Crippen MR) is 111 cm³/mol. The van der Waals surface area contributed by atoms with Crippen LogP contribution in [0.25, 0.3) is 0 Å². The monoisotopic (exact) mass is 430 g/mol. The van der Waals surface area contributed by atoms with Crippen molar-refractivity contribution in [2.45, 2.75) is 13.0 Å².